The molecular weight excluding hydrogens is 253 g/mol. The Morgan fingerprint density at radius 3 is 2.12 bits per heavy atom. The van der Waals surface area contributed by atoms with Gasteiger partial charge in [-0.1, -0.05) is 0 Å². The molecule has 0 spiro atoms. The number of halogens is 5. The molecule has 94 valence electrons. The van der Waals surface area contributed by atoms with Crippen LogP contribution in [0, 0.1) is 10.1 Å². The van der Waals surface area contributed by atoms with Crippen molar-refractivity contribution < 1.29 is 32.0 Å². The third kappa shape index (κ3) is 2.27. The molecule has 0 amide bonds. The van der Waals surface area contributed by atoms with Crippen molar-refractivity contribution in [1.82, 2.24) is 0 Å². The van der Waals surface area contributed by atoms with Gasteiger partial charge >= 0.3 is 12.1 Å². The summed E-state index contributed by atoms with van der Waals surface area (Å²) in [4.78, 5) is 9.10. The van der Waals surface area contributed by atoms with E-state index in [4.69, 9.17) is 5.11 Å². The number of aromatic hydroxyl groups is 1. The molecular formula is C8H4F5NO3. The Morgan fingerprint density at radius 1 is 1.18 bits per heavy atom. The van der Waals surface area contributed by atoms with Gasteiger partial charge in [-0.3, -0.25) is 10.1 Å². The van der Waals surface area contributed by atoms with Crippen LogP contribution in [0.3, 0.4) is 0 Å². The topological polar surface area (TPSA) is 63.4 Å². The van der Waals surface area contributed by atoms with E-state index in [0.29, 0.717) is 12.1 Å². The maximum absolute atomic E-state index is 12.9. The molecule has 0 saturated heterocycles. The number of non-ortho nitro benzene ring substituents is 1. The lowest BCUT2D eigenvalue weighted by Gasteiger charge is -2.20. The van der Waals surface area contributed by atoms with Gasteiger partial charge in [-0.15, -0.1) is 0 Å². The first-order valence-corrected chi connectivity index (χ1v) is 4.00. The van der Waals surface area contributed by atoms with Crippen LogP contribution in [0.5, 0.6) is 5.75 Å². The zero-order valence-electron chi connectivity index (χ0n) is 7.83. The minimum absolute atomic E-state index is 0.0111. The van der Waals surface area contributed by atoms with E-state index in [1.807, 2.05) is 0 Å². The molecule has 1 aromatic carbocycles. The summed E-state index contributed by atoms with van der Waals surface area (Å²) in [5.74, 6) is -6.72. The standard InChI is InChI=1S/C8H4F5NO3/c9-7(10,8(11,12)13)5-3-4(14(16)17)1-2-6(5)15/h1-3,15H. The van der Waals surface area contributed by atoms with E-state index >= 15 is 0 Å². The second kappa shape index (κ2) is 3.82. The van der Waals surface area contributed by atoms with Crippen molar-refractivity contribution in [3.63, 3.8) is 0 Å². The lowest BCUT2D eigenvalue weighted by Crippen LogP contribution is -2.33. The number of rotatable bonds is 2. The molecule has 0 saturated carbocycles. The van der Waals surface area contributed by atoms with Crippen LogP contribution in [0.1, 0.15) is 5.56 Å². The predicted octanol–water partition coefficient (Wildman–Crippen LogP) is 2.95. The zero-order valence-corrected chi connectivity index (χ0v) is 7.83. The van der Waals surface area contributed by atoms with E-state index in [9.17, 15) is 32.1 Å². The summed E-state index contributed by atoms with van der Waals surface area (Å²) in [5, 5.41) is 19.2. The monoisotopic (exact) mass is 257 g/mol. The van der Waals surface area contributed by atoms with Crippen LogP contribution in [0.25, 0.3) is 0 Å². The van der Waals surface area contributed by atoms with Crippen molar-refractivity contribution in [2.45, 2.75) is 12.1 Å². The number of benzene rings is 1. The van der Waals surface area contributed by atoms with Crippen molar-refractivity contribution >= 4 is 5.69 Å². The van der Waals surface area contributed by atoms with Crippen LogP contribution in [0.2, 0.25) is 0 Å². The molecule has 0 aliphatic carbocycles. The minimum atomic E-state index is -5.94. The lowest BCUT2D eigenvalue weighted by molar-refractivity contribution is -0.385. The largest absolute Gasteiger partial charge is 0.507 e. The molecule has 1 rings (SSSR count). The summed E-state index contributed by atoms with van der Waals surface area (Å²) in [6.45, 7) is 0. The number of nitro groups is 1. The molecule has 0 bridgehead atoms. The summed E-state index contributed by atoms with van der Waals surface area (Å²) >= 11 is 0. The number of alkyl halides is 5. The van der Waals surface area contributed by atoms with E-state index < -0.39 is 34.0 Å². The van der Waals surface area contributed by atoms with Crippen LogP contribution < -0.4 is 0 Å². The molecule has 0 aromatic heterocycles. The fourth-order valence-corrected chi connectivity index (χ4v) is 1.04. The highest BCUT2D eigenvalue weighted by Crippen LogP contribution is 2.47. The second-order valence-corrected chi connectivity index (χ2v) is 3.03. The van der Waals surface area contributed by atoms with Gasteiger partial charge in [-0.25, -0.2) is 0 Å². The van der Waals surface area contributed by atoms with E-state index in [0.717, 1.165) is 0 Å². The maximum Gasteiger partial charge on any atom is 0.458 e. The van der Waals surface area contributed by atoms with Gasteiger partial charge in [-0.05, 0) is 6.07 Å². The third-order valence-electron chi connectivity index (χ3n) is 1.89. The quantitative estimate of drug-likeness (QED) is 0.503. The highest BCUT2D eigenvalue weighted by molar-refractivity contribution is 5.45. The van der Waals surface area contributed by atoms with Crippen LogP contribution in [0.15, 0.2) is 18.2 Å². The predicted molar refractivity (Wildman–Crippen MR) is 44.7 cm³/mol. The van der Waals surface area contributed by atoms with Crippen LogP contribution in [0.4, 0.5) is 27.6 Å². The molecule has 4 nitrogen and oxygen atoms in total. The van der Waals surface area contributed by atoms with Gasteiger partial charge in [0.2, 0.25) is 0 Å². The summed E-state index contributed by atoms with van der Waals surface area (Å²) in [5.41, 5.74) is -2.82. The molecule has 9 heteroatoms. The Balaban J connectivity index is 3.40. The highest BCUT2D eigenvalue weighted by atomic mass is 19.4. The Morgan fingerprint density at radius 2 is 1.71 bits per heavy atom. The Hall–Kier alpha value is -1.93. The van der Waals surface area contributed by atoms with Crippen LogP contribution in [-0.4, -0.2) is 16.2 Å². The molecule has 0 unspecified atom stereocenters. The van der Waals surface area contributed by atoms with Gasteiger partial charge in [0.25, 0.3) is 5.69 Å². The second-order valence-electron chi connectivity index (χ2n) is 3.03. The number of hydrogen-bond acceptors (Lipinski definition) is 3. The number of phenolic OH excluding ortho intramolecular Hbond substituents is 1. The molecule has 0 radical (unpaired) electrons. The van der Waals surface area contributed by atoms with Crippen molar-refractivity contribution in [3.05, 3.63) is 33.9 Å². The van der Waals surface area contributed by atoms with Crippen LogP contribution >= 0.6 is 0 Å². The number of hydrogen-bond donors (Lipinski definition) is 1. The van der Waals surface area contributed by atoms with E-state index in [1.54, 1.807) is 0 Å². The first kappa shape index (κ1) is 13.1. The van der Waals surface area contributed by atoms with Gasteiger partial charge in [0.05, 0.1) is 10.5 Å². The van der Waals surface area contributed by atoms with Gasteiger partial charge in [0.15, 0.2) is 0 Å². The smallest absolute Gasteiger partial charge is 0.458 e. The van der Waals surface area contributed by atoms with E-state index in [2.05, 4.69) is 0 Å². The molecule has 17 heavy (non-hydrogen) atoms. The number of nitro benzene ring substituents is 1. The average molecular weight is 257 g/mol. The van der Waals surface area contributed by atoms with Gasteiger partial charge in [0.1, 0.15) is 5.75 Å². The number of phenols is 1. The van der Waals surface area contributed by atoms with Crippen molar-refractivity contribution in [1.29, 1.82) is 0 Å². The van der Waals surface area contributed by atoms with Crippen molar-refractivity contribution in [3.8, 4) is 5.75 Å². The van der Waals surface area contributed by atoms with Crippen LogP contribution in [-0.2, 0) is 5.92 Å². The fraction of sp³-hybridized carbons (Fsp3) is 0.250. The Kier molecular flexibility index (Phi) is 2.96. The molecule has 0 fully saturated rings. The normalized spacial score (nSPS) is 12.5. The maximum atomic E-state index is 12.9. The highest BCUT2D eigenvalue weighted by Gasteiger charge is 2.60. The van der Waals surface area contributed by atoms with Gasteiger partial charge < -0.3 is 5.11 Å². The molecule has 0 aliphatic heterocycles. The van der Waals surface area contributed by atoms with Gasteiger partial charge in [0, 0.05) is 12.1 Å². The molecule has 0 heterocycles. The Labute approximate surface area is 90.4 Å². The van der Waals surface area contributed by atoms with E-state index in [1.165, 1.54) is 0 Å². The van der Waals surface area contributed by atoms with Gasteiger partial charge in [-0.2, -0.15) is 22.0 Å². The lowest BCUT2D eigenvalue weighted by atomic mass is 10.1. The summed E-state index contributed by atoms with van der Waals surface area (Å²) < 4.78 is 61.7. The minimum Gasteiger partial charge on any atom is -0.507 e. The SMILES string of the molecule is O=[N+]([O-])c1ccc(O)c(C(F)(F)C(F)(F)F)c1. The third-order valence-corrected chi connectivity index (χ3v) is 1.89. The average Bonchev–Trinajstić information content (AvgIpc) is 2.15. The molecule has 0 aliphatic rings. The first-order valence-electron chi connectivity index (χ1n) is 4.00. The fourth-order valence-electron chi connectivity index (χ4n) is 1.04. The first-order chi connectivity index (χ1) is 7.57. The molecule has 0 atom stereocenters. The summed E-state index contributed by atoms with van der Waals surface area (Å²) in [6, 6.07) is 1.02. The molecule has 1 N–H and O–H groups in total. The zero-order chi connectivity index (χ0) is 13.4. The molecule has 1 aromatic rings. The number of nitrogens with zero attached hydrogens (tertiary/aromatic N) is 1. The Bertz CT molecular complexity index is 457. The summed E-state index contributed by atoms with van der Waals surface area (Å²) in [6.07, 6.45) is -5.94. The summed E-state index contributed by atoms with van der Waals surface area (Å²) in [7, 11) is 0. The van der Waals surface area contributed by atoms with Crippen molar-refractivity contribution in [2.24, 2.45) is 0 Å². The van der Waals surface area contributed by atoms with Crippen molar-refractivity contribution in [2.75, 3.05) is 0 Å². The van der Waals surface area contributed by atoms with E-state index in [-0.39, 0.29) is 6.07 Å².